The smallest absolute Gasteiger partial charge is 0.396 e. The van der Waals surface area contributed by atoms with Gasteiger partial charge in [-0.25, -0.2) is 15.0 Å². The fraction of sp³-hybridized carbons (Fsp3) is 0.423. The number of aryl methyl sites for hydroxylation is 1. The Morgan fingerprint density at radius 2 is 1.90 bits per heavy atom. The largest absolute Gasteiger partial charge is 0.462 e. The molecule has 6 rings (SSSR count). The zero-order chi connectivity index (χ0) is 28.2. The molecule has 2 aliphatic rings. The quantitative estimate of drug-likeness (QED) is 0.146. The molecular formula is C26H30N8O5S. The molecule has 4 atom stereocenters. The number of hydrogen-bond acceptors (Lipinski definition) is 11. The molecule has 1 unspecified atom stereocenters. The molecule has 0 radical (unpaired) electrons. The van der Waals surface area contributed by atoms with Crippen LogP contribution in [0.4, 0.5) is 5.82 Å². The van der Waals surface area contributed by atoms with E-state index in [0.29, 0.717) is 33.3 Å². The number of aromatic amines is 1. The molecule has 2 aliphatic heterocycles. The normalized spacial score (nSPS) is 21.0. The van der Waals surface area contributed by atoms with E-state index in [1.807, 2.05) is 30.3 Å². The number of aromatic nitrogens is 6. The first-order chi connectivity index (χ1) is 19.4. The van der Waals surface area contributed by atoms with Crippen LogP contribution < -0.4 is 0 Å². The Morgan fingerprint density at radius 3 is 2.58 bits per heavy atom. The van der Waals surface area contributed by atoms with Crippen LogP contribution in [0.15, 0.2) is 59.4 Å². The molecule has 0 amide bonds. The highest BCUT2D eigenvalue weighted by molar-refractivity contribution is 7.99. The lowest BCUT2D eigenvalue weighted by Crippen LogP contribution is -2.43. The SMILES string of the molecule is CN1[C@@H]2CC[C@H]1C[C@@H](OC(=O)C(CO)c1ccccc1)C2.Cn1cnc([N+](=O)[O-])c1Sc1ncnc2nc[nH]c12. The highest BCUT2D eigenvalue weighted by Crippen LogP contribution is 2.36. The summed E-state index contributed by atoms with van der Waals surface area (Å²) in [5.41, 5.74) is 1.98. The highest BCUT2D eigenvalue weighted by atomic mass is 32.2. The van der Waals surface area contributed by atoms with Crippen LogP contribution in [0.1, 0.15) is 37.2 Å². The van der Waals surface area contributed by atoms with Gasteiger partial charge in [-0.3, -0.25) is 4.79 Å². The summed E-state index contributed by atoms with van der Waals surface area (Å²) in [7, 11) is 3.86. The van der Waals surface area contributed by atoms with Gasteiger partial charge in [0.2, 0.25) is 6.33 Å². The zero-order valence-electron chi connectivity index (χ0n) is 22.1. The maximum absolute atomic E-state index is 12.4. The minimum absolute atomic E-state index is 0.00367. The van der Waals surface area contributed by atoms with Gasteiger partial charge in [0.15, 0.2) is 10.7 Å². The van der Waals surface area contributed by atoms with Crippen LogP contribution in [0, 0.1) is 10.1 Å². The Balaban J connectivity index is 0.000000162. The molecule has 3 aromatic heterocycles. The Bertz CT molecular complexity index is 1460. The molecule has 2 bridgehead atoms. The van der Waals surface area contributed by atoms with E-state index in [0.717, 1.165) is 30.2 Å². The number of fused-ring (bicyclic) bond motifs is 3. The first-order valence-electron chi connectivity index (χ1n) is 12.9. The van der Waals surface area contributed by atoms with Crippen molar-refractivity contribution in [3.8, 4) is 0 Å². The maximum Gasteiger partial charge on any atom is 0.396 e. The Kier molecular flexibility index (Phi) is 8.38. The summed E-state index contributed by atoms with van der Waals surface area (Å²) in [4.78, 5) is 43.9. The number of H-pyrrole nitrogens is 1. The molecule has 1 aromatic carbocycles. The number of piperidine rings is 1. The number of nitro groups is 1. The van der Waals surface area contributed by atoms with Gasteiger partial charge in [0.1, 0.15) is 28.9 Å². The first-order valence-corrected chi connectivity index (χ1v) is 13.7. The number of carbonyl (C=O) groups is 1. The Hall–Kier alpha value is -3.88. The van der Waals surface area contributed by atoms with E-state index in [-0.39, 0.29) is 24.5 Å². The van der Waals surface area contributed by atoms with Crippen molar-refractivity contribution in [2.75, 3.05) is 13.7 Å². The van der Waals surface area contributed by atoms with E-state index in [1.165, 1.54) is 31.8 Å². The van der Waals surface area contributed by atoms with E-state index < -0.39 is 10.8 Å². The number of imidazole rings is 2. The summed E-state index contributed by atoms with van der Waals surface area (Å²) in [5.74, 6) is -1.06. The van der Waals surface area contributed by atoms with E-state index >= 15 is 0 Å². The van der Waals surface area contributed by atoms with Crippen molar-refractivity contribution in [1.82, 2.24) is 34.4 Å². The molecule has 4 aromatic rings. The van der Waals surface area contributed by atoms with Crippen LogP contribution in [0.25, 0.3) is 11.2 Å². The molecule has 2 fully saturated rings. The number of nitrogens with zero attached hydrogens (tertiary/aromatic N) is 7. The molecule has 40 heavy (non-hydrogen) atoms. The second-order valence-corrected chi connectivity index (χ2v) is 10.8. The standard InChI is InChI=1S/C17H23NO3.C9H7N7O2S/c1-18-13-7-8-14(18)10-15(9-13)21-17(20)16(11-19)12-5-3-2-4-6-12;1-15-4-14-7(16(17)18)9(15)19-8-5-6(11-2-10-5)12-3-13-8/h2-6,13-16,19H,7-11H2,1H3;2-4H,1H3,(H,10,11,12,13)/t13-,14+,15+,16?;. The van der Waals surface area contributed by atoms with Crippen LogP contribution in [-0.4, -0.2) is 82.2 Å². The number of benzene rings is 1. The summed E-state index contributed by atoms with van der Waals surface area (Å²) in [6, 6.07) is 10.5. The van der Waals surface area contributed by atoms with Crippen molar-refractivity contribution in [2.45, 2.75) is 59.8 Å². The number of esters is 1. The van der Waals surface area contributed by atoms with E-state index in [2.05, 4.69) is 36.9 Å². The second-order valence-electron chi connectivity index (χ2n) is 9.85. The molecular weight excluding hydrogens is 536 g/mol. The third-order valence-corrected chi connectivity index (χ3v) is 8.59. The summed E-state index contributed by atoms with van der Waals surface area (Å²) in [5, 5.41) is 21.4. The summed E-state index contributed by atoms with van der Waals surface area (Å²) in [6.07, 6.45) is 8.52. The van der Waals surface area contributed by atoms with Gasteiger partial charge in [-0.1, -0.05) is 30.3 Å². The van der Waals surface area contributed by atoms with E-state index in [4.69, 9.17) is 4.74 Å². The maximum atomic E-state index is 12.4. The van der Waals surface area contributed by atoms with E-state index in [1.54, 1.807) is 11.6 Å². The second kappa shape index (κ2) is 12.1. The summed E-state index contributed by atoms with van der Waals surface area (Å²) < 4.78 is 7.28. The third-order valence-electron chi connectivity index (χ3n) is 7.43. The van der Waals surface area contributed by atoms with Crippen molar-refractivity contribution < 1.29 is 19.6 Å². The number of aliphatic hydroxyl groups excluding tert-OH is 1. The van der Waals surface area contributed by atoms with Crippen molar-refractivity contribution in [3.63, 3.8) is 0 Å². The van der Waals surface area contributed by atoms with Gasteiger partial charge in [0, 0.05) is 19.1 Å². The molecule has 0 saturated carbocycles. The predicted molar refractivity (Wildman–Crippen MR) is 146 cm³/mol. The number of rotatable bonds is 7. The van der Waals surface area contributed by atoms with Crippen LogP contribution in [0.5, 0.6) is 0 Å². The van der Waals surface area contributed by atoms with Crippen LogP contribution >= 0.6 is 11.8 Å². The lowest BCUT2D eigenvalue weighted by molar-refractivity contribution is -0.392. The zero-order valence-corrected chi connectivity index (χ0v) is 22.9. The topological polar surface area (TPSA) is 165 Å². The number of aliphatic hydroxyl groups is 1. The van der Waals surface area contributed by atoms with Gasteiger partial charge >= 0.3 is 11.8 Å². The van der Waals surface area contributed by atoms with Gasteiger partial charge in [-0.05, 0) is 60.0 Å². The van der Waals surface area contributed by atoms with Crippen molar-refractivity contribution in [1.29, 1.82) is 0 Å². The molecule has 0 spiro atoms. The van der Waals surface area contributed by atoms with Gasteiger partial charge in [0.05, 0.1) is 12.9 Å². The molecule has 14 heteroatoms. The number of carbonyl (C=O) groups excluding carboxylic acids is 1. The van der Waals surface area contributed by atoms with Crippen molar-refractivity contribution in [2.24, 2.45) is 7.05 Å². The minimum Gasteiger partial charge on any atom is -0.462 e. The van der Waals surface area contributed by atoms with Crippen LogP contribution in [0.3, 0.4) is 0 Å². The Morgan fingerprint density at radius 1 is 1.18 bits per heavy atom. The summed E-state index contributed by atoms with van der Waals surface area (Å²) >= 11 is 1.15. The molecule has 2 N–H and O–H groups in total. The van der Waals surface area contributed by atoms with E-state index in [9.17, 15) is 20.0 Å². The lowest BCUT2D eigenvalue weighted by Gasteiger charge is -2.36. The number of nitrogens with one attached hydrogen (secondary N) is 1. The monoisotopic (exact) mass is 566 g/mol. The minimum atomic E-state index is -0.566. The van der Waals surface area contributed by atoms with Crippen LogP contribution in [-0.2, 0) is 16.6 Å². The van der Waals surface area contributed by atoms with Crippen LogP contribution in [0.2, 0.25) is 0 Å². The Labute approximate surface area is 234 Å². The van der Waals surface area contributed by atoms with Gasteiger partial charge in [0.25, 0.3) is 0 Å². The predicted octanol–water partition coefficient (Wildman–Crippen LogP) is 3.08. The van der Waals surface area contributed by atoms with Gasteiger partial charge in [-0.2, -0.15) is 0 Å². The molecule has 2 saturated heterocycles. The molecule has 0 aliphatic carbocycles. The lowest BCUT2D eigenvalue weighted by atomic mass is 9.98. The fourth-order valence-corrected chi connectivity index (χ4v) is 6.21. The van der Waals surface area contributed by atoms with Gasteiger partial charge < -0.3 is 34.4 Å². The van der Waals surface area contributed by atoms with Gasteiger partial charge in [-0.15, -0.1) is 0 Å². The highest BCUT2D eigenvalue weighted by Gasteiger charge is 2.40. The molecule has 13 nitrogen and oxygen atoms in total. The fourth-order valence-electron chi connectivity index (χ4n) is 5.27. The number of ether oxygens (including phenoxy) is 1. The number of hydrogen-bond donors (Lipinski definition) is 2. The first kappa shape index (κ1) is 27.7. The molecule has 210 valence electrons. The molecule has 5 heterocycles. The average Bonchev–Trinajstić information content (AvgIpc) is 3.62. The van der Waals surface area contributed by atoms with Crippen molar-refractivity contribution >= 4 is 34.7 Å². The summed E-state index contributed by atoms with van der Waals surface area (Å²) in [6.45, 7) is -0.206. The third kappa shape index (κ3) is 5.83. The van der Waals surface area contributed by atoms with Crippen molar-refractivity contribution in [3.05, 3.63) is 65.0 Å². The average molecular weight is 567 g/mol.